The number of hydrogen-bond acceptors (Lipinski definition) is 4. The van der Waals surface area contributed by atoms with Crippen LogP contribution in [0.15, 0.2) is 29.2 Å². The van der Waals surface area contributed by atoms with Crippen LogP contribution in [0.4, 0.5) is 4.79 Å². The summed E-state index contributed by atoms with van der Waals surface area (Å²) in [6.07, 6.45) is 4.45. The van der Waals surface area contributed by atoms with E-state index < -0.39 is 9.84 Å². The predicted octanol–water partition coefficient (Wildman–Crippen LogP) is 2.05. The van der Waals surface area contributed by atoms with Gasteiger partial charge in [-0.15, -0.1) is 0 Å². The first-order chi connectivity index (χ1) is 10.9. The third-order valence-electron chi connectivity index (χ3n) is 3.96. The second kappa shape index (κ2) is 7.68. The highest BCUT2D eigenvalue weighted by molar-refractivity contribution is 7.90. The molecule has 128 valence electrons. The molecule has 1 saturated heterocycles. The summed E-state index contributed by atoms with van der Waals surface area (Å²) in [4.78, 5) is 14.2. The molecule has 2 amide bonds. The van der Waals surface area contributed by atoms with Crippen LogP contribution in [0, 0.1) is 0 Å². The average molecular weight is 340 g/mol. The number of amides is 2. The van der Waals surface area contributed by atoms with Gasteiger partial charge in [-0.05, 0) is 50.5 Å². The van der Waals surface area contributed by atoms with Gasteiger partial charge in [-0.1, -0.05) is 0 Å². The van der Waals surface area contributed by atoms with Gasteiger partial charge in [0.15, 0.2) is 9.84 Å². The van der Waals surface area contributed by atoms with Crippen molar-refractivity contribution in [3.05, 3.63) is 24.3 Å². The Bertz CT molecular complexity index is 628. The van der Waals surface area contributed by atoms with Crippen LogP contribution in [0.1, 0.15) is 26.2 Å². The van der Waals surface area contributed by atoms with Gasteiger partial charge in [0.05, 0.1) is 11.4 Å². The van der Waals surface area contributed by atoms with Gasteiger partial charge in [-0.3, -0.25) is 0 Å². The Kier molecular flexibility index (Phi) is 5.87. The molecule has 1 aliphatic rings. The van der Waals surface area contributed by atoms with E-state index in [1.165, 1.54) is 24.8 Å². The maximum Gasteiger partial charge on any atom is 0.317 e. The molecular formula is C16H24N2O4S. The first-order valence-electron chi connectivity index (χ1n) is 7.85. The van der Waals surface area contributed by atoms with Crippen LogP contribution in [0.25, 0.3) is 0 Å². The topological polar surface area (TPSA) is 75.7 Å². The lowest BCUT2D eigenvalue weighted by molar-refractivity contribution is 0.156. The Hall–Kier alpha value is -1.76. The summed E-state index contributed by atoms with van der Waals surface area (Å²) in [5.41, 5.74) is 0. The molecule has 2 rings (SSSR count). The van der Waals surface area contributed by atoms with Gasteiger partial charge in [0, 0.05) is 18.8 Å². The molecular weight excluding hydrogens is 316 g/mol. The lowest BCUT2D eigenvalue weighted by Crippen LogP contribution is -2.48. The van der Waals surface area contributed by atoms with E-state index >= 15 is 0 Å². The van der Waals surface area contributed by atoms with Crippen LogP contribution in [-0.4, -0.2) is 51.3 Å². The summed E-state index contributed by atoms with van der Waals surface area (Å²) >= 11 is 0. The SMILES string of the molecule is C[C@H]1CCCCN1C(=O)NCCOc1ccc(S(C)(=O)=O)cc1. The zero-order valence-electron chi connectivity index (χ0n) is 13.6. The number of rotatable bonds is 5. The minimum Gasteiger partial charge on any atom is -0.492 e. The Morgan fingerprint density at radius 2 is 2.00 bits per heavy atom. The van der Waals surface area contributed by atoms with Crippen LogP contribution in [0.5, 0.6) is 5.75 Å². The van der Waals surface area contributed by atoms with Crippen molar-refractivity contribution in [2.24, 2.45) is 0 Å². The van der Waals surface area contributed by atoms with Crippen LogP contribution in [-0.2, 0) is 9.84 Å². The van der Waals surface area contributed by atoms with Crippen LogP contribution in [0.2, 0.25) is 0 Å². The highest BCUT2D eigenvalue weighted by Gasteiger charge is 2.22. The summed E-state index contributed by atoms with van der Waals surface area (Å²) < 4.78 is 28.2. The molecule has 0 spiro atoms. The zero-order valence-corrected chi connectivity index (χ0v) is 14.4. The fourth-order valence-corrected chi connectivity index (χ4v) is 3.24. The van der Waals surface area contributed by atoms with E-state index in [0.29, 0.717) is 18.9 Å². The Morgan fingerprint density at radius 1 is 1.30 bits per heavy atom. The molecule has 0 aliphatic carbocycles. The van der Waals surface area contributed by atoms with Crippen molar-refractivity contribution in [1.82, 2.24) is 10.2 Å². The summed E-state index contributed by atoms with van der Waals surface area (Å²) in [7, 11) is -3.19. The fraction of sp³-hybridized carbons (Fsp3) is 0.562. The lowest BCUT2D eigenvalue weighted by atomic mass is 10.0. The van der Waals surface area contributed by atoms with Crippen molar-refractivity contribution in [3.8, 4) is 5.75 Å². The quantitative estimate of drug-likeness (QED) is 0.833. The summed E-state index contributed by atoms with van der Waals surface area (Å²) in [5.74, 6) is 0.581. The third kappa shape index (κ3) is 5.13. The van der Waals surface area contributed by atoms with Crippen LogP contribution in [0.3, 0.4) is 0 Å². The molecule has 0 bridgehead atoms. The van der Waals surface area contributed by atoms with Gasteiger partial charge in [0.25, 0.3) is 0 Å². The maximum atomic E-state index is 12.1. The zero-order chi connectivity index (χ0) is 16.9. The predicted molar refractivity (Wildman–Crippen MR) is 88.5 cm³/mol. The highest BCUT2D eigenvalue weighted by Crippen LogP contribution is 2.17. The first-order valence-corrected chi connectivity index (χ1v) is 9.74. The molecule has 23 heavy (non-hydrogen) atoms. The second-order valence-electron chi connectivity index (χ2n) is 5.86. The number of piperidine rings is 1. The standard InChI is InChI=1S/C16H24N2O4S/c1-13-5-3-4-11-18(13)16(19)17-10-12-22-14-6-8-15(9-7-14)23(2,20)21/h6-9,13H,3-5,10-12H2,1-2H3,(H,17,19)/t13-/m0/s1. The minimum atomic E-state index is -3.19. The normalized spacial score (nSPS) is 18.5. The number of hydrogen-bond donors (Lipinski definition) is 1. The number of carbonyl (C=O) groups is 1. The molecule has 1 fully saturated rings. The van der Waals surface area contributed by atoms with Crippen molar-refractivity contribution in [2.75, 3.05) is 26.0 Å². The second-order valence-corrected chi connectivity index (χ2v) is 7.88. The smallest absolute Gasteiger partial charge is 0.317 e. The van der Waals surface area contributed by atoms with Crippen molar-refractivity contribution in [3.63, 3.8) is 0 Å². The molecule has 1 aromatic carbocycles. The first kappa shape index (κ1) is 17.6. The van der Waals surface area contributed by atoms with E-state index in [1.807, 2.05) is 4.90 Å². The monoisotopic (exact) mass is 340 g/mol. The van der Waals surface area contributed by atoms with E-state index in [4.69, 9.17) is 4.74 Å². The molecule has 1 aliphatic heterocycles. The Morgan fingerprint density at radius 3 is 2.61 bits per heavy atom. The van der Waals surface area contributed by atoms with Crippen LogP contribution < -0.4 is 10.1 Å². The van der Waals surface area contributed by atoms with Gasteiger partial charge in [-0.2, -0.15) is 0 Å². The van der Waals surface area contributed by atoms with Crippen LogP contribution >= 0.6 is 0 Å². The molecule has 7 heteroatoms. The summed E-state index contributed by atoms with van der Waals surface area (Å²) in [6.45, 7) is 3.63. The maximum absolute atomic E-state index is 12.1. The number of ether oxygens (including phenoxy) is 1. The number of carbonyl (C=O) groups excluding carboxylic acids is 1. The number of benzene rings is 1. The molecule has 0 aromatic heterocycles. The Balaban J connectivity index is 1.74. The molecule has 0 unspecified atom stereocenters. The third-order valence-corrected chi connectivity index (χ3v) is 5.09. The van der Waals surface area contributed by atoms with Gasteiger partial charge < -0.3 is 15.0 Å². The number of urea groups is 1. The van der Waals surface area contributed by atoms with E-state index in [2.05, 4.69) is 12.2 Å². The van der Waals surface area contributed by atoms with Gasteiger partial charge >= 0.3 is 6.03 Å². The van der Waals surface area contributed by atoms with Gasteiger partial charge in [0.1, 0.15) is 12.4 Å². The number of nitrogens with zero attached hydrogens (tertiary/aromatic N) is 1. The molecule has 6 nitrogen and oxygen atoms in total. The molecule has 1 N–H and O–H groups in total. The van der Waals surface area contributed by atoms with Gasteiger partial charge in [0.2, 0.25) is 0 Å². The highest BCUT2D eigenvalue weighted by atomic mass is 32.2. The molecule has 1 aromatic rings. The lowest BCUT2D eigenvalue weighted by Gasteiger charge is -2.33. The molecule has 0 radical (unpaired) electrons. The summed E-state index contributed by atoms with van der Waals surface area (Å²) in [5, 5.41) is 2.85. The molecule has 1 heterocycles. The van der Waals surface area contributed by atoms with Crippen molar-refractivity contribution in [2.45, 2.75) is 37.1 Å². The number of sulfone groups is 1. The fourth-order valence-electron chi connectivity index (χ4n) is 2.61. The van der Waals surface area contributed by atoms with E-state index in [0.717, 1.165) is 19.4 Å². The van der Waals surface area contributed by atoms with E-state index in [-0.39, 0.29) is 17.0 Å². The average Bonchev–Trinajstić information content (AvgIpc) is 2.51. The van der Waals surface area contributed by atoms with E-state index in [9.17, 15) is 13.2 Å². The van der Waals surface area contributed by atoms with E-state index in [1.54, 1.807) is 12.1 Å². The van der Waals surface area contributed by atoms with Crippen molar-refractivity contribution < 1.29 is 17.9 Å². The molecule has 0 saturated carbocycles. The van der Waals surface area contributed by atoms with Gasteiger partial charge in [-0.25, -0.2) is 13.2 Å². The number of likely N-dealkylation sites (tertiary alicyclic amines) is 1. The largest absolute Gasteiger partial charge is 0.492 e. The Labute approximate surface area is 137 Å². The summed E-state index contributed by atoms with van der Waals surface area (Å²) in [6, 6.07) is 6.49. The van der Waals surface area contributed by atoms with Crippen molar-refractivity contribution >= 4 is 15.9 Å². The van der Waals surface area contributed by atoms with Crippen molar-refractivity contribution in [1.29, 1.82) is 0 Å². The minimum absolute atomic E-state index is 0.0479. The molecule has 1 atom stereocenters. The number of nitrogens with one attached hydrogen (secondary N) is 1.